The van der Waals surface area contributed by atoms with Crippen LogP contribution in [-0.4, -0.2) is 29.4 Å². The average molecular weight is 247 g/mol. The molecule has 1 unspecified atom stereocenters. The highest BCUT2D eigenvalue weighted by atomic mass is 16.2. The van der Waals surface area contributed by atoms with Crippen molar-refractivity contribution in [3.05, 3.63) is 23.4 Å². The zero-order chi connectivity index (χ0) is 13.1. The van der Waals surface area contributed by atoms with Crippen molar-refractivity contribution in [3.8, 4) is 0 Å². The number of nitrogens with zero attached hydrogens (tertiary/aromatic N) is 2. The molecule has 2 heterocycles. The van der Waals surface area contributed by atoms with Gasteiger partial charge in [-0.1, -0.05) is 0 Å². The van der Waals surface area contributed by atoms with Crippen molar-refractivity contribution >= 4 is 11.7 Å². The van der Waals surface area contributed by atoms with Gasteiger partial charge >= 0.3 is 0 Å². The number of nitrogens with one attached hydrogen (secondary N) is 1. The number of piperidine rings is 1. The Morgan fingerprint density at radius 1 is 1.50 bits per heavy atom. The van der Waals surface area contributed by atoms with Gasteiger partial charge in [0, 0.05) is 26.7 Å². The summed E-state index contributed by atoms with van der Waals surface area (Å²) < 4.78 is 0. The molecular formula is C14H21N3O. The van der Waals surface area contributed by atoms with E-state index >= 15 is 0 Å². The van der Waals surface area contributed by atoms with Gasteiger partial charge in [0.1, 0.15) is 5.82 Å². The number of likely N-dealkylation sites (tertiary alicyclic amines) is 1. The number of hydrogen-bond donors (Lipinski definition) is 1. The number of pyridine rings is 1. The van der Waals surface area contributed by atoms with Gasteiger partial charge in [-0.3, -0.25) is 4.79 Å². The third-order valence-corrected chi connectivity index (χ3v) is 3.67. The molecule has 1 aromatic rings. The highest BCUT2D eigenvalue weighted by Gasteiger charge is 2.27. The van der Waals surface area contributed by atoms with Crippen molar-refractivity contribution in [2.24, 2.45) is 0 Å². The minimum atomic E-state index is 0.164. The van der Waals surface area contributed by atoms with Gasteiger partial charge in [-0.05, 0) is 43.4 Å². The average Bonchev–Trinajstić information content (AvgIpc) is 2.38. The first-order valence-corrected chi connectivity index (χ1v) is 6.55. The first kappa shape index (κ1) is 12.9. The van der Waals surface area contributed by atoms with Gasteiger partial charge < -0.3 is 10.2 Å². The summed E-state index contributed by atoms with van der Waals surface area (Å²) in [6.45, 7) is 4.61. The monoisotopic (exact) mass is 247 g/mol. The number of amides is 1. The van der Waals surface area contributed by atoms with Gasteiger partial charge in [0.25, 0.3) is 0 Å². The van der Waals surface area contributed by atoms with Crippen LogP contribution in [0.25, 0.3) is 0 Å². The van der Waals surface area contributed by atoms with Gasteiger partial charge in [-0.2, -0.15) is 0 Å². The molecule has 0 spiro atoms. The van der Waals surface area contributed by atoms with E-state index in [1.54, 1.807) is 6.92 Å². The van der Waals surface area contributed by atoms with Crippen LogP contribution in [0.4, 0.5) is 5.82 Å². The number of anilines is 1. The van der Waals surface area contributed by atoms with E-state index in [2.05, 4.69) is 17.2 Å². The van der Waals surface area contributed by atoms with E-state index in [9.17, 15) is 4.79 Å². The first-order chi connectivity index (χ1) is 8.63. The molecule has 0 bridgehead atoms. The topological polar surface area (TPSA) is 45.2 Å². The molecule has 1 N–H and O–H groups in total. The Kier molecular flexibility index (Phi) is 3.84. The molecule has 0 aromatic carbocycles. The minimum absolute atomic E-state index is 0.164. The Bertz CT molecular complexity index is 445. The Morgan fingerprint density at radius 3 is 2.89 bits per heavy atom. The summed E-state index contributed by atoms with van der Waals surface area (Å²) in [6, 6.07) is 2.25. The van der Waals surface area contributed by atoms with Crippen molar-refractivity contribution < 1.29 is 4.79 Å². The van der Waals surface area contributed by atoms with Gasteiger partial charge in [0.2, 0.25) is 5.91 Å². The highest BCUT2D eigenvalue weighted by Crippen LogP contribution is 2.32. The first-order valence-electron chi connectivity index (χ1n) is 6.55. The summed E-state index contributed by atoms with van der Waals surface area (Å²) in [6.07, 6.45) is 5.24. The van der Waals surface area contributed by atoms with Crippen LogP contribution in [0.1, 0.15) is 43.4 Å². The summed E-state index contributed by atoms with van der Waals surface area (Å²) in [7, 11) is 1.87. The van der Waals surface area contributed by atoms with Crippen LogP contribution in [0.3, 0.4) is 0 Å². The third-order valence-electron chi connectivity index (χ3n) is 3.67. The molecule has 0 saturated carbocycles. The predicted molar refractivity (Wildman–Crippen MR) is 72.5 cm³/mol. The summed E-state index contributed by atoms with van der Waals surface area (Å²) >= 11 is 0. The van der Waals surface area contributed by atoms with Gasteiger partial charge in [-0.25, -0.2) is 4.98 Å². The van der Waals surface area contributed by atoms with E-state index in [4.69, 9.17) is 0 Å². The summed E-state index contributed by atoms with van der Waals surface area (Å²) in [5, 5.41) is 3.04. The zero-order valence-electron chi connectivity index (χ0n) is 11.4. The van der Waals surface area contributed by atoms with E-state index in [1.165, 1.54) is 17.5 Å². The summed E-state index contributed by atoms with van der Waals surface area (Å²) in [4.78, 5) is 18.1. The second-order valence-electron chi connectivity index (χ2n) is 4.90. The van der Waals surface area contributed by atoms with Crippen molar-refractivity contribution in [1.29, 1.82) is 0 Å². The largest absolute Gasteiger partial charge is 0.373 e. The maximum Gasteiger partial charge on any atom is 0.219 e. The molecule has 98 valence electrons. The third kappa shape index (κ3) is 2.47. The molecule has 4 nitrogen and oxygen atoms in total. The van der Waals surface area contributed by atoms with E-state index in [1.807, 2.05) is 24.2 Å². The number of carbonyl (C=O) groups is 1. The number of aryl methyl sites for hydroxylation is 1. The van der Waals surface area contributed by atoms with Crippen LogP contribution in [0.2, 0.25) is 0 Å². The molecule has 1 aromatic heterocycles. The SMILES string of the molecule is CNc1cc(C)c(C2CCCCN2C(C)=O)cn1. The predicted octanol–water partition coefficient (Wildman–Crippen LogP) is 2.51. The van der Waals surface area contributed by atoms with Crippen molar-refractivity contribution in [3.63, 3.8) is 0 Å². The van der Waals surface area contributed by atoms with E-state index in [0.29, 0.717) is 0 Å². The van der Waals surface area contributed by atoms with Crippen molar-refractivity contribution in [1.82, 2.24) is 9.88 Å². The molecule has 0 radical (unpaired) electrons. The number of hydrogen-bond acceptors (Lipinski definition) is 3. The van der Waals surface area contributed by atoms with Gasteiger partial charge in [0.05, 0.1) is 6.04 Å². The van der Waals surface area contributed by atoms with E-state index in [-0.39, 0.29) is 11.9 Å². The zero-order valence-corrected chi connectivity index (χ0v) is 11.4. The molecule has 1 aliphatic rings. The molecule has 2 rings (SSSR count). The molecule has 0 aliphatic carbocycles. The second-order valence-corrected chi connectivity index (χ2v) is 4.90. The standard InChI is InChI=1S/C14H21N3O/c1-10-8-14(15-3)16-9-12(10)13-6-4-5-7-17(13)11(2)18/h8-9,13H,4-7H2,1-3H3,(H,15,16). The molecule has 18 heavy (non-hydrogen) atoms. The highest BCUT2D eigenvalue weighted by molar-refractivity contribution is 5.74. The van der Waals surface area contributed by atoms with Crippen LogP contribution >= 0.6 is 0 Å². The fourth-order valence-electron chi connectivity index (χ4n) is 2.68. The minimum Gasteiger partial charge on any atom is -0.373 e. The van der Waals surface area contributed by atoms with Crippen LogP contribution in [0.15, 0.2) is 12.3 Å². The number of carbonyl (C=O) groups excluding carboxylic acids is 1. The molecule has 4 heteroatoms. The lowest BCUT2D eigenvalue weighted by Gasteiger charge is -2.36. The maximum absolute atomic E-state index is 11.7. The van der Waals surface area contributed by atoms with Crippen LogP contribution in [0.5, 0.6) is 0 Å². The van der Waals surface area contributed by atoms with Crippen LogP contribution < -0.4 is 5.32 Å². The lowest BCUT2D eigenvalue weighted by molar-refractivity contribution is -0.132. The molecule has 1 atom stereocenters. The molecule has 1 saturated heterocycles. The molecule has 1 aliphatic heterocycles. The summed E-state index contributed by atoms with van der Waals surface area (Å²) in [5.74, 6) is 1.04. The Morgan fingerprint density at radius 2 is 2.28 bits per heavy atom. The smallest absolute Gasteiger partial charge is 0.219 e. The molecule has 1 fully saturated rings. The lowest BCUT2D eigenvalue weighted by Crippen LogP contribution is -2.37. The maximum atomic E-state index is 11.7. The Hall–Kier alpha value is -1.58. The number of aromatic nitrogens is 1. The molecular weight excluding hydrogens is 226 g/mol. The number of rotatable bonds is 2. The van der Waals surface area contributed by atoms with Crippen LogP contribution in [0, 0.1) is 6.92 Å². The van der Waals surface area contributed by atoms with E-state index < -0.39 is 0 Å². The Labute approximate surface area is 108 Å². The van der Waals surface area contributed by atoms with Gasteiger partial charge in [0.15, 0.2) is 0 Å². The van der Waals surface area contributed by atoms with Crippen LogP contribution in [-0.2, 0) is 4.79 Å². The van der Waals surface area contributed by atoms with Crippen molar-refractivity contribution in [2.75, 3.05) is 18.9 Å². The summed E-state index contributed by atoms with van der Waals surface area (Å²) in [5.41, 5.74) is 2.39. The fourth-order valence-corrected chi connectivity index (χ4v) is 2.68. The van der Waals surface area contributed by atoms with E-state index in [0.717, 1.165) is 25.2 Å². The van der Waals surface area contributed by atoms with Crippen molar-refractivity contribution in [2.45, 2.75) is 39.2 Å². The van der Waals surface area contributed by atoms with Gasteiger partial charge in [-0.15, -0.1) is 0 Å². The Balaban J connectivity index is 2.31. The lowest BCUT2D eigenvalue weighted by atomic mass is 9.93. The molecule has 1 amide bonds. The second kappa shape index (κ2) is 5.38. The quantitative estimate of drug-likeness (QED) is 0.873. The fraction of sp³-hybridized carbons (Fsp3) is 0.571. The normalized spacial score (nSPS) is 19.7.